The van der Waals surface area contributed by atoms with Gasteiger partial charge in [0.2, 0.25) is 11.2 Å². The molecule has 3 aromatic rings. The van der Waals surface area contributed by atoms with Gasteiger partial charge in [-0.3, -0.25) is 4.79 Å². The molecule has 6 heteroatoms. The lowest BCUT2D eigenvalue weighted by Crippen LogP contribution is -2.28. The van der Waals surface area contributed by atoms with Crippen LogP contribution in [0.3, 0.4) is 0 Å². The molecule has 1 aliphatic heterocycles. The Hall–Kier alpha value is -3.67. The molecular weight excluding hydrogens is 408 g/mol. The lowest BCUT2D eigenvalue weighted by molar-refractivity contribution is 0.157. The summed E-state index contributed by atoms with van der Waals surface area (Å²) in [6, 6.07) is 5.98. The molecule has 0 amide bonds. The maximum absolute atomic E-state index is 13.4. The molecule has 0 atom stereocenters. The lowest BCUT2D eigenvalue weighted by atomic mass is 9.95. The number of phenols is 2. The van der Waals surface area contributed by atoms with Gasteiger partial charge >= 0.3 is 0 Å². The molecule has 2 N–H and O–H groups in total. The summed E-state index contributed by atoms with van der Waals surface area (Å²) in [7, 11) is 1.40. The highest BCUT2D eigenvalue weighted by molar-refractivity contribution is 5.90. The molecule has 0 aliphatic carbocycles. The second-order valence-corrected chi connectivity index (χ2v) is 8.67. The molecule has 2 heterocycles. The maximum Gasteiger partial charge on any atom is 0.235 e. The number of allylic oxidation sites excluding steroid dienone is 2. The summed E-state index contributed by atoms with van der Waals surface area (Å²) in [4.78, 5) is 13.4. The topological polar surface area (TPSA) is 89.1 Å². The van der Waals surface area contributed by atoms with E-state index in [1.807, 2.05) is 39.8 Å². The van der Waals surface area contributed by atoms with E-state index in [0.29, 0.717) is 28.7 Å². The molecule has 2 aromatic carbocycles. The molecule has 0 saturated carbocycles. The number of rotatable bonds is 4. The van der Waals surface area contributed by atoms with Crippen LogP contribution in [-0.4, -0.2) is 22.9 Å². The Kier molecular flexibility index (Phi) is 5.25. The molecule has 166 valence electrons. The van der Waals surface area contributed by atoms with Gasteiger partial charge in [0, 0.05) is 16.7 Å². The molecule has 6 nitrogen and oxygen atoms in total. The van der Waals surface area contributed by atoms with Crippen LogP contribution < -0.4 is 14.9 Å². The van der Waals surface area contributed by atoms with E-state index in [0.717, 1.165) is 16.7 Å². The summed E-state index contributed by atoms with van der Waals surface area (Å²) in [6.07, 6.45) is 6.49. The van der Waals surface area contributed by atoms with Gasteiger partial charge in [0.05, 0.1) is 12.5 Å². The molecule has 32 heavy (non-hydrogen) atoms. The minimum atomic E-state index is -0.501. The number of fused-ring (bicyclic) bond motifs is 2. The van der Waals surface area contributed by atoms with E-state index < -0.39 is 5.60 Å². The zero-order valence-corrected chi connectivity index (χ0v) is 18.8. The minimum absolute atomic E-state index is 0.0248. The zero-order chi connectivity index (χ0) is 23.2. The van der Waals surface area contributed by atoms with E-state index in [2.05, 4.69) is 6.08 Å². The van der Waals surface area contributed by atoms with Gasteiger partial charge in [-0.2, -0.15) is 0 Å². The van der Waals surface area contributed by atoms with Gasteiger partial charge in [-0.05, 0) is 64.5 Å². The number of ether oxygens (including phenoxy) is 2. The fourth-order valence-electron chi connectivity index (χ4n) is 3.75. The SMILES string of the molecule is COc1c(-c2ccc(O)c(O)c2)oc2c(CC=C(C)C)c3c(cc2c1=O)C=CC(C)(C)O3. The van der Waals surface area contributed by atoms with Crippen molar-refractivity contribution in [3.63, 3.8) is 0 Å². The number of aromatic hydroxyl groups is 2. The third kappa shape index (κ3) is 3.73. The molecule has 1 aliphatic rings. The molecule has 0 fully saturated rings. The average molecular weight is 434 g/mol. The van der Waals surface area contributed by atoms with Crippen molar-refractivity contribution in [1.82, 2.24) is 0 Å². The van der Waals surface area contributed by atoms with Gasteiger partial charge in [0.1, 0.15) is 16.9 Å². The van der Waals surface area contributed by atoms with Crippen LogP contribution in [0, 0.1) is 0 Å². The van der Waals surface area contributed by atoms with Crippen molar-refractivity contribution in [3.8, 4) is 34.3 Å². The van der Waals surface area contributed by atoms with Crippen molar-refractivity contribution in [2.24, 2.45) is 0 Å². The van der Waals surface area contributed by atoms with Crippen LogP contribution in [0.2, 0.25) is 0 Å². The van der Waals surface area contributed by atoms with Crippen molar-refractivity contribution in [1.29, 1.82) is 0 Å². The van der Waals surface area contributed by atoms with Crippen LogP contribution in [0.5, 0.6) is 23.0 Å². The predicted molar refractivity (Wildman–Crippen MR) is 125 cm³/mol. The van der Waals surface area contributed by atoms with Crippen LogP contribution in [0.4, 0.5) is 0 Å². The molecule has 4 rings (SSSR count). The summed E-state index contributed by atoms with van der Waals surface area (Å²) >= 11 is 0. The Morgan fingerprint density at radius 3 is 2.56 bits per heavy atom. The van der Waals surface area contributed by atoms with Gasteiger partial charge in [-0.25, -0.2) is 0 Å². The summed E-state index contributed by atoms with van der Waals surface area (Å²) in [5, 5.41) is 20.1. The fourth-order valence-corrected chi connectivity index (χ4v) is 3.75. The van der Waals surface area contributed by atoms with Gasteiger partial charge in [0.15, 0.2) is 17.3 Å². The van der Waals surface area contributed by atoms with Crippen LogP contribution in [0.15, 0.2) is 51.2 Å². The van der Waals surface area contributed by atoms with E-state index in [1.165, 1.54) is 19.2 Å². The van der Waals surface area contributed by atoms with E-state index in [-0.39, 0.29) is 28.4 Å². The number of methoxy groups -OCH3 is 1. The highest BCUT2D eigenvalue weighted by Crippen LogP contribution is 2.42. The Morgan fingerprint density at radius 1 is 1.16 bits per heavy atom. The van der Waals surface area contributed by atoms with Crippen LogP contribution >= 0.6 is 0 Å². The molecule has 0 bridgehead atoms. The summed E-state index contributed by atoms with van der Waals surface area (Å²) in [5.41, 5.74) is 2.68. The summed E-state index contributed by atoms with van der Waals surface area (Å²) < 4.78 is 18.0. The number of phenolic OH excluding ortho intramolecular Hbond substituents is 2. The first-order chi connectivity index (χ1) is 15.1. The standard InChI is InChI=1S/C26H26O6/c1-14(2)6-8-17-22-16(10-11-26(3,4)32-22)12-18-21(29)25(30-5)23(31-24(17)18)15-7-9-19(27)20(28)13-15/h6-7,9-13,27-28H,8H2,1-5H3. The number of hydrogen-bond acceptors (Lipinski definition) is 6. The Balaban J connectivity index is 2.09. The third-order valence-corrected chi connectivity index (χ3v) is 5.40. The number of benzene rings is 2. The second-order valence-electron chi connectivity index (χ2n) is 8.67. The molecule has 1 aromatic heterocycles. The van der Waals surface area contributed by atoms with Crippen LogP contribution in [0.1, 0.15) is 38.8 Å². The molecule has 0 unspecified atom stereocenters. The Bertz CT molecular complexity index is 1340. The fraction of sp³-hybridized carbons (Fsp3) is 0.269. The molecule has 0 spiro atoms. The van der Waals surface area contributed by atoms with Crippen molar-refractivity contribution >= 4 is 17.0 Å². The van der Waals surface area contributed by atoms with Crippen LogP contribution in [0.25, 0.3) is 28.4 Å². The first-order valence-corrected chi connectivity index (χ1v) is 10.4. The quantitative estimate of drug-likeness (QED) is 0.412. The van der Waals surface area contributed by atoms with E-state index in [4.69, 9.17) is 13.9 Å². The zero-order valence-electron chi connectivity index (χ0n) is 18.8. The molecule has 0 saturated heterocycles. The molecular formula is C26H26O6. The highest BCUT2D eigenvalue weighted by Gasteiger charge is 2.28. The monoisotopic (exact) mass is 434 g/mol. The van der Waals surface area contributed by atoms with Crippen molar-refractivity contribution in [2.45, 2.75) is 39.7 Å². The molecule has 0 radical (unpaired) electrons. The maximum atomic E-state index is 13.4. The lowest BCUT2D eigenvalue weighted by Gasteiger charge is -2.30. The summed E-state index contributed by atoms with van der Waals surface area (Å²) in [6.45, 7) is 7.95. The second kappa shape index (κ2) is 7.79. The Morgan fingerprint density at radius 2 is 1.91 bits per heavy atom. The van der Waals surface area contributed by atoms with Gasteiger partial charge in [-0.15, -0.1) is 0 Å². The average Bonchev–Trinajstić information content (AvgIpc) is 2.73. The first kappa shape index (κ1) is 21.6. The van der Waals surface area contributed by atoms with E-state index >= 15 is 0 Å². The Labute approximate surface area is 186 Å². The highest BCUT2D eigenvalue weighted by atomic mass is 16.5. The van der Waals surface area contributed by atoms with Gasteiger partial charge in [-0.1, -0.05) is 17.7 Å². The van der Waals surface area contributed by atoms with Gasteiger partial charge < -0.3 is 24.1 Å². The van der Waals surface area contributed by atoms with Crippen molar-refractivity contribution < 1.29 is 24.1 Å². The van der Waals surface area contributed by atoms with Crippen LogP contribution in [-0.2, 0) is 6.42 Å². The normalized spacial score (nSPS) is 14.0. The van der Waals surface area contributed by atoms with E-state index in [9.17, 15) is 15.0 Å². The first-order valence-electron chi connectivity index (χ1n) is 10.4. The smallest absolute Gasteiger partial charge is 0.235 e. The largest absolute Gasteiger partial charge is 0.504 e. The minimum Gasteiger partial charge on any atom is -0.504 e. The predicted octanol–water partition coefficient (Wildman–Crippen LogP) is 5.57. The van der Waals surface area contributed by atoms with Crippen molar-refractivity contribution in [3.05, 3.63) is 63.3 Å². The summed E-state index contributed by atoms with van der Waals surface area (Å²) in [5.74, 6) is 0.283. The number of hydrogen-bond donors (Lipinski definition) is 2. The van der Waals surface area contributed by atoms with Crippen molar-refractivity contribution in [2.75, 3.05) is 7.11 Å². The van der Waals surface area contributed by atoms with Gasteiger partial charge in [0.25, 0.3) is 0 Å². The van der Waals surface area contributed by atoms with E-state index in [1.54, 1.807) is 12.1 Å². The third-order valence-electron chi connectivity index (χ3n) is 5.40.